The molecule has 0 bridgehead atoms. The zero-order valence-corrected chi connectivity index (χ0v) is 13.2. The van der Waals surface area contributed by atoms with E-state index in [2.05, 4.69) is 9.88 Å². The van der Waals surface area contributed by atoms with Crippen molar-refractivity contribution in [2.45, 2.75) is 32.7 Å². The molecule has 0 aromatic carbocycles. The van der Waals surface area contributed by atoms with Crippen molar-refractivity contribution in [1.82, 2.24) is 9.29 Å². The molecule has 1 atom stereocenters. The number of rotatable bonds is 4. The summed E-state index contributed by atoms with van der Waals surface area (Å²) >= 11 is 0. The van der Waals surface area contributed by atoms with Crippen LogP contribution in [-0.4, -0.2) is 49.6 Å². The molecule has 1 aromatic heterocycles. The van der Waals surface area contributed by atoms with E-state index in [0.29, 0.717) is 6.54 Å². The van der Waals surface area contributed by atoms with E-state index >= 15 is 0 Å². The highest BCUT2D eigenvalue weighted by Gasteiger charge is 2.29. The average molecular weight is 297 g/mol. The molecule has 0 N–H and O–H groups in total. The van der Waals surface area contributed by atoms with Crippen molar-refractivity contribution in [2.24, 2.45) is 0 Å². The highest BCUT2D eigenvalue weighted by molar-refractivity contribution is 7.89. The molecule has 0 unspecified atom stereocenters. The SMILES string of the molecule is CCS(=O)(=O)N(C)[C@H]1CCCN(c2cccc(C)n2)C1. The summed E-state index contributed by atoms with van der Waals surface area (Å²) in [5.41, 5.74) is 0.985. The van der Waals surface area contributed by atoms with Crippen LogP contribution < -0.4 is 4.90 Å². The first-order valence-electron chi connectivity index (χ1n) is 7.08. The Kier molecular flexibility index (Phi) is 4.65. The van der Waals surface area contributed by atoms with Crippen molar-refractivity contribution < 1.29 is 8.42 Å². The predicted molar refractivity (Wildman–Crippen MR) is 81.4 cm³/mol. The van der Waals surface area contributed by atoms with Crippen molar-refractivity contribution in [1.29, 1.82) is 0 Å². The Morgan fingerprint density at radius 2 is 2.20 bits per heavy atom. The molecule has 20 heavy (non-hydrogen) atoms. The lowest BCUT2D eigenvalue weighted by Gasteiger charge is -2.37. The molecule has 0 amide bonds. The summed E-state index contributed by atoms with van der Waals surface area (Å²) in [4.78, 5) is 6.71. The fourth-order valence-electron chi connectivity index (χ4n) is 2.60. The van der Waals surface area contributed by atoms with Gasteiger partial charge >= 0.3 is 0 Å². The van der Waals surface area contributed by atoms with Crippen LogP contribution in [-0.2, 0) is 10.0 Å². The van der Waals surface area contributed by atoms with Gasteiger partial charge in [0.15, 0.2) is 0 Å². The third-order valence-corrected chi connectivity index (χ3v) is 5.82. The summed E-state index contributed by atoms with van der Waals surface area (Å²) in [5.74, 6) is 1.10. The first kappa shape index (κ1) is 15.3. The summed E-state index contributed by atoms with van der Waals surface area (Å²) in [6.07, 6.45) is 1.90. The minimum absolute atomic E-state index is 0.0380. The van der Waals surface area contributed by atoms with E-state index in [1.807, 2.05) is 25.1 Å². The van der Waals surface area contributed by atoms with Gasteiger partial charge < -0.3 is 4.90 Å². The Hall–Kier alpha value is -1.14. The van der Waals surface area contributed by atoms with Gasteiger partial charge in [0.05, 0.1) is 5.75 Å². The number of aromatic nitrogens is 1. The first-order valence-corrected chi connectivity index (χ1v) is 8.69. The van der Waals surface area contributed by atoms with E-state index in [-0.39, 0.29) is 11.8 Å². The summed E-state index contributed by atoms with van der Waals surface area (Å²) in [6.45, 7) is 5.31. The van der Waals surface area contributed by atoms with Crippen LogP contribution in [0.4, 0.5) is 5.82 Å². The lowest BCUT2D eigenvalue weighted by atomic mass is 10.1. The molecule has 1 aliphatic rings. The summed E-state index contributed by atoms with van der Waals surface area (Å²) in [7, 11) is -1.43. The van der Waals surface area contributed by atoms with Gasteiger partial charge in [-0.05, 0) is 38.8 Å². The molecule has 0 aliphatic carbocycles. The van der Waals surface area contributed by atoms with Crippen LogP contribution in [0.25, 0.3) is 0 Å². The van der Waals surface area contributed by atoms with Crippen molar-refractivity contribution in [3.8, 4) is 0 Å². The average Bonchev–Trinajstić information content (AvgIpc) is 2.46. The van der Waals surface area contributed by atoms with Crippen LogP contribution in [0.2, 0.25) is 0 Å². The molecule has 5 nitrogen and oxygen atoms in total. The lowest BCUT2D eigenvalue weighted by Crippen LogP contribution is -2.49. The number of hydrogen-bond acceptors (Lipinski definition) is 4. The van der Waals surface area contributed by atoms with E-state index in [9.17, 15) is 8.42 Å². The molecule has 0 spiro atoms. The maximum atomic E-state index is 12.0. The molecule has 1 saturated heterocycles. The molecule has 0 radical (unpaired) electrons. The Balaban J connectivity index is 2.13. The Morgan fingerprint density at radius 3 is 2.85 bits per heavy atom. The van der Waals surface area contributed by atoms with E-state index < -0.39 is 10.0 Å². The molecule has 6 heteroatoms. The van der Waals surface area contributed by atoms with Gasteiger partial charge in [-0.1, -0.05) is 6.07 Å². The zero-order valence-electron chi connectivity index (χ0n) is 12.4. The number of anilines is 1. The number of aryl methyl sites for hydroxylation is 1. The topological polar surface area (TPSA) is 53.5 Å². The van der Waals surface area contributed by atoms with E-state index in [1.54, 1.807) is 14.0 Å². The summed E-state index contributed by atoms with van der Waals surface area (Å²) < 4.78 is 25.5. The monoisotopic (exact) mass is 297 g/mol. The lowest BCUT2D eigenvalue weighted by molar-refractivity contribution is 0.320. The minimum atomic E-state index is -3.13. The van der Waals surface area contributed by atoms with Gasteiger partial charge in [-0.2, -0.15) is 0 Å². The van der Waals surface area contributed by atoms with Crippen LogP contribution in [0.5, 0.6) is 0 Å². The Labute approximate surface area is 121 Å². The fraction of sp³-hybridized carbons (Fsp3) is 0.643. The summed E-state index contributed by atoms with van der Waals surface area (Å²) in [5, 5.41) is 0. The van der Waals surface area contributed by atoms with Crippen molar-refractivity contribution in [2.75, 3.05) is 30.8 Å². The maximum Gasteiger partial charge on any atom is 0.213 e. The van der Waals surface area contributed by atoms with Gasteiger partial charge in [0.2, 0.25) is 10.0 Å². The van der Waals surface area contributed by atoms with E-state index in [1.165, 1.54) is 4.31 Å². The van der Waals surface area contributed by atoms with Crippen LogP contribution in [0.1, 0.15) is 25.5 Å². The van der Waals surface area contributed by atoms with Gasteiger partial charge in [0, 0.05) is 31.9 Å². The fourth-order valence-corrected chi connectivity index (χ4v) is 3.63. The third-order valence-electron chi connectivity index (χ3n) is 3.91. The van der Waals surface area contributed by atoms with E-state index in [0.717, 1.165) is 30.9 Å². The van der Waals surface area contributed by atoms with Gasteiger partial charge in [-0.3, -0.25) is 0 Å². The molecule has 2 rings (SSSR count). The zero-order chi connectivity index (χ0) is 14.8. The van der Waals surface area contributed by atoms with Crippen LogP contribution in [0.3, 0.4) is 0 Å². The van der Waals surface area contributed by atoms with Gasteiger partial charge in [0.1, 0.15) is 5.82 Å². The Bertz CT molecular complexity index is 559. The summed E-state index contributed by atoms with van der Waals surface area (Å²) in [6, 6.07) is 5.99. The predicted octanol–water partition coefficient (Wildman–Crippen LogP) is 1.64. The molecular weight excluding hydrogens is 274 g/mol. The largest absolute Gasteiger partial charge is 0.355 e. The minimum Gasteiger partial charge on any atom is -0.355 e. The van der Waals surface area contributed by atoms with Crippen molar-refractivity contribution in [3.63, 3.8) is 0 Å². The number of hydrogen-bond donors (Lipinski definition) is 0. The highest BCUT2D eigenvalue weighted by Crippen LogP contribution is 2.22. The number of pyridine rings is 1. The van der Waals surface area contributed by atoms with E-state index in [4.69, 9.17) is 0 Å². The maximum absolute atomic E-state index is 12.0. The standard InChI is InChI=1S/C14H23N3O2S/c1-4-20(18,19)16(3)13-8-6-10-17(11-13)14-9-5-7-12(2)15-14/h5,7,9,13H,4,6,8,10-11H2,1-3H3/t13-/m0/s1. The molecule has 112 valence electrons. The normalized spacial score (nSPS) is 20.4. The molecule has 1 fully saturated rings. The quantitative estimate of drug-likeness (QED) is 0.848. The number of sulfonamides is 1. The number of likely N-dealkylation sites (N-methyl/N-ethyl adjacent to an activating group) is 1. The molecule has 2 heterocycles. The smallest absolute Gasteiger partial charge is 0.213 e. The van der Waals surface area contributed by atoms with Crippen LogP contribution >= 0.6 is 0 Å². The van der Waals surface area contributed by atoms with Crippen LogP contribution in [0.15, 0.2) is 18.2 Å². The second-order valence-electron chi connectivity index (χ2n) is 5.30. The molecule has 0 saturated carbocycles. The van der Waals surface area contributed by atoms with Crippen molar-refractivity contribution >= 4 is 15.8 Å². The molecule has 1 aliphatic heterocycles. The van der Waals surface area contributed by atoms with Crippen molar-refractivity contribution in [3.05, 3.63) is 23.9 Å². The van der Waals surface area contributed by atoms with Gasteiger partial charge in [-0.25, -0.2) is 17.7 Å². The second-order valence-corrected chi connectivity index (χ2v) is 7.61. The highest BCUT2D eigenvalue weighted by atomic mass is 32.2. The second kappa shape index (κ2) is 6.10. The molecular formula is C14H23N3O2S. The first-order chi connectivity index (χ1) is 9.44. The van der Waals surface area contributed by atoms with Gasteiger partial charge in [0.25, 0.3) is 0 Å². The number of nitrogens with zero attached hydrogens (tertiary/aromatic N) is 3. The van der Waals surface area contributed by atoms with Gasteiger partial charge in [-0.15, -0.1) is 0 Å². The molecule has 1 aromatic rings. The third kappa shape index (κ3) is 3.30. The Morgan fingerprint density at radius 1 is 1.45 bits per heavy atom. The van der Waals surface area contributed by atoms with Crippen LogP contribution in [0, 0.1) is 6.92 Å². The number of piperidine rings is 1.